The predicted molar refractivity (Wildman–Crippen MR) is 107 cm³/mol. The number of rotatable bonds is 5. The molecule has 28 heavy (non-hydrogen) atoms. The minimum Gasteiger partial charge on any atom is -0.348 e. The minimum atomic E-state index is 0.112. The number of hydrogen-bond donors (Lipinski definition) is 1. The Morgan fingerprint density at radius 3 is 2.68 bits per heavy atom. The van der Waals surface area contributed by atoms with Crippen LogP contribution in [0, 0.1) is 0 Å². The second kappa shape index (κ2) is 7.40. The smallest absolute Gasteiger partial charge is 0.0926 e. The molecule has 6 nitrogen and oxygen atoms in total. The molecule has 1 unspecified atom stereocenters. The summed E-state index contributed by atoms with van der Waals surface area (Å²) in [7, 11) is 0. The molecule has 1 aliphatic heterocycles. The number of imidazole rings is 1. The van der Waals surface area contributed by atoms with E-state index in [1.54, 1.807) is 0 Å². The number of hydrogen-bond acceptors (Lipinski definition) is 4. The van der Waals surface area contributed by atoms with Gasteiger partial charge in [-0.1, -0.05) is 30.3 Å². The maximum Gasteiger partial charge on any atom is 0.0926 e. The van der Waals surface area contributed by atoms with Crippen LogP contribution in [-0.2, 0) is 19.5 Å². The fourth-order valence-electron chi connectivity index (χ4n) is 4.05. The Bertz CT molecular complexity index is 1040. The van der Waals surface area contributed by atoms with Crippen molar-refractivity contribution in [1.82, 2.24) is 29.6 Å². The summed E-state index contributed by atoms with van der Waals surface area (Å²) in [6, 6.07) is 14.9. The van der Waals surface area contributed by atoms with Gasteiger partial charge in [0.25, 0.3) is 0 Å². The van der Waals surface area contributed by atoms with E-state index in [9.17, 15) is 0 Å². The van der Waals surface area contributed by atoms with Gasteiger partial charge in [-0.15, -0.1) is 0 Å². The van der Waals surface area contributed by atoms with Gasteiger partial charge in [0.15, 0.2) is 0 Å². The lowest BCUT2D eigenvalue weighted by atomic mass is 9.95. The third kappa shape index (κ3) is 3.23. The van der Waals surface area contributed by atoms with Crippen molar-refractivity contribution >= 4 is 0 Å². The van der Waals surface area contributed by atoms with E-state index in [1.807, 2.05) is 47.9 Å². The van der Waals surface area contributed by atoms with Gasteiger partial charge in [-0.2, -0.15) is 5.10 Å². The van der Waals surface area contributed by atoms with Crippen LogP contribution in [0.5, 0.6) is 0 Å². The van der Waals surface area contributed by atoms with Crippen molar-refractivity contribution in [2.45, 2.75) is 25.6 Å². The number of aromatic amines is 1. The topological polar surface area (TPSA) is 62.6 Å². The van der Waals surface area contributed by atoms with Gasteiger partial charge in [0.05, 0.1) is 24.6 Å². The molecule has 6 heteroatoms. The summed E-state index contributed by atoms with van der Waals surface area (Å²) in [6.07, 6.45) is 10.4. The van der Waals surface area contributed by atoms with Gasteiger partial charge in [-0.3, -0.25) is 14.6 Å². The Morgan fingerprint density at radius 2 is 1.89 bits per heavy atom. The molecule has 3 aromatic heterocycles. The molecular formula is C22H22N6. The summed E-state index contributed by atoms with van der Waals surface area (Å²) in [5.74, 6) is 0. The van der Waals surface area contributed by atoms with E-state index in [4.69, 9.17) is 0 Å². The van der Waals surface area contributed by atoms with E-state index in [0.717, 1.165) is 31.7 Å². The largest absolute Gasteiger partial charge is 0.348 e. The summed E-state index contributed by atoms with van der Waals surface area (Å²) in [5, 5.41) is 4.37. The molecule has 1 atom stereocenters. The number of H-pyrrole nitrogens is 1. The van der Waals surface area contributed by atoms with Gasteiger partial charge >= 0.3 is 0 Å². The first-order valence-corrected chi connectivity index (χ1v) is 9.59. The fraction of sp³-hybridized carbons (Fsp3) is 0.227. The zero-order valence-corrected chi connectivity index (χ0v) is 15.6. The monoisotopic (exact) mass is 370 g/mol. The highest BCUT2D eigenvalue weighted by molar-refractivity contribution is 5.33. The summed E-state index contributed by atoms with van der Waals surface area (Å²) in [5.41, 5.74) is 6.15. The highest BCUT2D eigenvalue weighted by atomic mass is 15.3. The molecule has 140 valence electrons. The number of nitrogens with one attached hydrogen (secondary N) is 1. The Balaban J connectivity index is 1.48. The van der Waals surface area contributed by atoms with Crippen LogP contribution in [0.4, 0.5) is 0 Å². The lowest BCUT2D eigenvalue weighted by Gasteiger charge is -2.35. The molecular weight excluding hydrogens is 348 g/mol. The normalized spacial score (nSPS) is 16.8. The third-order valence-electron chi connectivity index (χ3n) is 5.41. The summed E-state index contributed by atoms with van der Waals surface area (Å²) in [4.78, 5) is 14.8. The highest BCUT2D eigenvalue weighted by Crippen LogP contribution is 2.34. The van der Waals surface area contributed by atoms with E-state index < -0.39 is 0 Å². The van der Waals surface area contributed by atoms with Gasteiger partial charge in [0, 0.05) is 50.0 Å². The zero-order chi connectivity index (χ0) is 18.8. The van der Waals surface area contributed by atoms with E-state index in [1.165, 1.54) is 22.4 Å². The summed E-state index contributed by atoms with van der Waals surface area (Å²) < 4.78 is 1.97. The van der Waals surface area contributed by atoms with Crippen molar-refractivity contribution in [3.8, 4) is 0 Å². The molecule has 5 rings (SSSR count). The van der Waals surface area contributed by atoms with Crippen molar-refractivity contribution < 1.29 is 0 Å². The first kappa shape index (κ1) is 16.9. The Hall–Kier alpha value is -3.25. The maximum absolute atomic E-state index is 4.65. The highest BCUT2D eigenvalue weighted by Gasteiger charge is 2.31. The van der Waals surface area contributed by atoms with E-state index in [2.05, 4.69) is 55.3 Å². The van der Waals surface area contributed by atoms with E-state index in [0.29, 0.717) is 0 Å². The Kier molecular flexibility index (Phi) is 4.47. The van der Waals surface area contributed by atoms with Crippen LogP contribution in [0.15, 0.2) is 73.6 Å². The minimum absolute atomic E-state index is 0.112. The first-order valence-electron chi connectivity index (χ1n) is 9.59. The van der Waals surface area contributed by atoms with Crippen molar-refractivity contribution in [1.29, 1.82) is 0 Å². The van der Waals surface area contributed by atoms with Crippen LogP contribution in [0.3, 0.4) is 0 Å². The quantitative estimate of drug-likeness (QED) is 0.586. The van der Waals surface area contributed by atoms with Crippen LogP contribution in [0.2, 0.25) is 0 Å². The zero-order valence-electron chi connectivity index (χ0n) is 15.6. The number of pyridine rings is 1. The third-order valence-corrected chi connectivity index (χ3v) is 5.41. The fourth-order valence-corrected chi connectivity index (χ4v) is 4.05. The average Bonchev–Trinajstić information content (AvgIpc) is 3.42. The predicted octanol–water partition coefficient (Wildman–Crippen LogP) is 3.20. The van der Waals surface area contributed by atoms with E-state index in [-0.39, 0.29) is 6.04 Å². The lowest BCUT2D eigenvalue weighted by molar-refractivity contribution is 0.199. The average molecular weight is 370 g/mol. The standard InChI is InChI=1S/C22H22N6/c1-2-6-19(15-28-11-4-10-26-28)18(5-1)14-27-12-8-20-21(25-16-24-20)22(27)17-7-3-9-23-13-17/h1-7,9-11,13,16,22H,8,12,14-15H2,(H,24,25). The molecule has 0 saturated heterocycles. The molecule has 0 fully saturated rings. The van der Waals surface area contributed by atoms with Crippen LogP contribution in [-0.4, -0.2) is 36.2 Å². The van der Waals surface area contributed by atoms with Gasteiger partial charge in [-0.25, -0.2) is 4.98 Å². The molecule has 4 heterocycles. The molecule has 0 spiro atoms. The van der Waals surface area contributed by atoms with Gasteiger partial charge in [-0.05, 0) is 28.8 Å². The molecule has 0 radical (unpaired) electrons. The van der Waals surface area contributed by atoms with Crippen molar-refractivity contribution in [3.63, 3.8) is 0 Å². The molecule has 4 aromatic rings. The first-order chi connectivity index (χ1) is 13.9. The summed E-state index contributed by atoms with van der Waals surface area (Å²) in [6.45, 7) is 2.62. The number of benzene rings is 1. The molecule has 1 aromatic carbocycles. The molecule has 1 N–H and O–H groups in total. The van der Waals surface area contributed by atoms with Gasteiger partial charge in [0.2, 0.25) is 0 Å². The van der Waals surface area contributed by atoms with Crippen molar-refractivity contribution in [2.24, 2.45) is 0 Å². The van der Waals surface area contributed by atoms with E-state index >= 15 is 0 Å². The Morgan fingerprint density at radius 1 is 1.00 bits per heavy atom. The van der Waals surface area contributed by atoms with Crippen molar-refractivity contribution in [2.75, 3.05) is 6.54 Å². The SMILES string of the molecule is c1cncc(C2c3nc[nH]c3CCN2Cc2ccccc2Cn2cccn2)c1. The van der Waals surface area contributed by atoms with Crippen LogP contribution in [0.25, 0.3) is 0 Å². The number of aromatic nitrogens is 5. The number of nitrogens with zero attached hydrogens (tertiary/aromatic N) is 5. The molecule has 0 bridgehead atoms. The lowest BCUT2D eigenvalue weighted by Crippen LogP contribution is -2.36. The van der Waals surface area contributed by atoms with Gasteiger partial charge < -0.3 is 4.98 Å². The molecule has 0 saturated carbocycles. The van der Waals surface area contributed by atoms with Crippen LogP contribution in [0.1, 0.15) is 34.1 Å². The second-order valence-corrected chi connectivity index (χ2v) is 7.15. The van der Waals surface area contributed by atoms with Crippen molar-refractivity contribution in [3.05, 3.63) is 102 Å². The molecule has 1 aliphatic rings. The molecule has 0 aliphatic carbocycles. The summed E-state index contributed by atoms with van der Waals surface area (Å²) >= 11 is 0. The Labute approximate surface area is 163 Å². The molecule has 0 amide bonds. The number of fused-ring (bicyclic) bond motifs is 1. The van der Waals surface area contributed by atoms with Gasteiger partial charge in [0.1, 0.15) is 0 Å². The van der Waals surface area contributed by atoms with Crippen LogP contribution < -0.4 is 0 Å². The maximum atomic E-state index is 4.65. The van der Waals surface area contributed by atoms with Crippen LogP contribution >= 0.6 is 0 Å². The second-order valence-electron chi connectivity index (χ2n) is 7.15.